The number of piperazine rings is 1. The number of nitrogens with one attached hydrogen (secondary N) is 1. The highest BCUT2D eigenvalue weighted by Gasteiger charge is 2.23. The van der Waals surface area contributed by atoms with Crippen molar-refractivity contribution in [2.45, 2.75) is 13.5 Å². The lowest BCUT2D eigenvalue weighted by Gasteiger charge is -2.26. The van der Waals surface area contributed by atoms with Crippen LogP contribution < -0.4 is 5.32 Å². The van der Waals surface area contributed by atoms with Gasteiger partial charge in [-0.05, 0) is 13.0 Å². The Hall–Kier alpha value is -1.98. The van der Waals surface area contributed by atoms with Gasteiger partial charge in [0.2, 0.25) is 11.8 Å². The number of carbonyl (C=O) groups is 2. The van der Waals surface area contributed by atoms with Crippen LogP contribution in [-0.2, 0) is 16.1 Å². The Bertz CT molecular complexity index is 433. The van der Waals surface area contributed by atoms with E-state index < -0.39 is 0 Å². The number of rotatable bonds is 2. The Balaban J connectivity index is 2.08. The van der Waals surface area contributed by atoms with Gasteiger partial charge in [-0.1, -0.05) is 0 Å². The first-order valence-electron chi connectivity index (χ1n) is 4.98. The van der Waals surface area contributed by atoms with Crippen LogP contribution in [0.3, 0.4) is 0 Å². The molecule has 0 atom stereocenters. The molecule has 1 saturated heterocycles. The van der Waals surface area contributed by atoms with Gasteiger partial charge in [0.25, 0.3) is 0 Å². The van der Waals surface area contributed by atoms with Crippen LogP contribution in [-0.4, -0.2) is 39.8 Å². The van der Waals surface area contributed by atoms with Crippen LogP contribution in [0.15, 0.2) is 12.3 Å². The van der Waals surface area contributed by atoms with Crippen LogP contribution in [0.4, 0.5) is 0 Å². The first-order valence-corrected chi connectivity index (χ1v) is 4.98. The molecule has 0 spiro atoms. The molecule has 1 fully saturated rings. The van der Waals surface area contributed by atoms with Gasteiger partial charge in [0.15, 0.2) is 0 Å². The number of hydrogen-bond acceptors (Lipinski definition) is 4. The molecular formula is C10H12N4O2. The summed E-state index contributed by atoms with van der Waals surface area (Å²) in [5, 5.41) is 2.50. The van der Waals surface area contributed by atoms with E-state index in [-0.39, 0.29) is 24.9 Å². The average Bonchev–Trinajstić information content (AvgIpc) is 2.24. The number of amides is 2. The molecule has 1 N–H and O–H groups in total. The van der Waals surface area contributed by atoms with E-state index in [0.29, 0.717) is 12.4 Å². The van der Waals surface area contributed by atoms with Crippen LogP contribution in [0.1, 0.15) is 11.5 Å². The summed E-state index contributed by atoms with van der Waals surface area (Å²) in [7, 11) is 0. The zero-order valence-electron chi connectivity index (χ0n) is 8.93. The van der Waals surface area contributed by atoms with Crippen LogP contribution in [0.5, 0.6) is 0 Å². The number of nitrogens with zero attached hydrogens (tertiary/aromatic N) is 3. The first kappa shape index (κ1) is 10.5. The van der Waals surface area contributed by atoms with Gasteiger partial charge in [0, 0.05) is 6.20 Å². The topological polar surface area (TPSA) is 75.2 Å². The molecule has 1 aromatic heterocycles. The zero-order chi connectivity index (χ0) is 11.5. The maximum atomic E-state index is 11.5. The van der Waals surface area contributed by atoms with Crippen molar-refractivity contribution in [1.29, 1.82) is 0 Å². The Morgan fingerprint density at radius 3 is 3.06 bits per heavy atom. The van der Waals surface area contributed by atoms with E-state index in [9.17, 15) is 9.59 Å². The van der Waals surface area contributed by atoms with Gasteiger partial charge in [-0.3, -0.25) is 9.59 Å². The standard InChI is InChI=1S/C10H12N4O2/c1-7-11-3-2-8(13-7)5-14-6-9(15)12-4-10(14)16/h2-3H,4-6H2,1H3,(H,12,15). The lowest BCUT2D eigenvalue weighted by molar-refractivity contribution is -0.141. The summed E-state index contributed by atoms with van der Waals surface area (Å²) in [4.78, 5) is 32.3. The fourth-order valence-corrected chi connectivity index (χ4v) is 1.54. The fourth-order valence-electron chi connectivity index (χ4n) is 1.54. The quantitative estimate of drug-likeness (QED) is 0.711. The van der Waals surface area contributed by atoms with Gasteiger partial charge in [-0.2, -0.15) is 0 Å². The van der Waals surface area contributed by atoms with E-state index in [1.54, 1.807) is 19.2 Å². The Morgan fingerprint density at radius 2 is 2.31 bits per heavy atom. The normalized spacial score (nSPS) is 16.2. The molecular weight excluding hydrogens is 208 g/mol. The van der Waals surface area contributed by atoms with Crippen LogP contribution in [0.25, 0.3) is 0 Å². The third-order valence-corrected chi connectivity index (χ3v) is 2.31. The number of hydrogen-bond donors (Lipinski definition) is 1. The van der Waals surface area contributed by atoms with Gasteiger partial charge in [-0.15, -0.1) is 0 Å². The van der Waals surface area contributed by atoms with Crippen molar-refractivity contribution >= 4 is 11.8 Å². The van der Waals surface area contributed by atoms with Gasteiger partial charge >= 0.3 is 0 Å². The molecule has 6 nitrogen and oxygen atoms in total. The minimum absolute atomic E-state index is 0.0723. The van der Waals surface area contributed by atoms with Crippen molar-refractivity contribution in [2.24, 2.45) is 0 Å². The Labute approximate surface area is 92.7 Å². The maximum absolute atomic E-state index is 11.5. The van der Waals surface area contributed by atoms with Gasteiger partial charge in [-0.25, -0.2) is 9.97 Å². The SMILES string of the molecule is Cc1nccc(CN2CC(=O)NCC2=O)n1. The highest BCUT2D eigenvalue weighted by atomic mass is 16.2. The molecule has 0 radical (unpaired) electrons. The minimum atomic E-state index is -0.134. The molecule has 0 aromatic carbocycles. The first-order chi connectivity index (χ1) is 7.65. The lowest BCUT2D eigenvalue weighted by Crippen LogP contribution is -2.51. The summed E-state index contributed by atoms with van der Waals surface area (Å²) in [5.41, 5.74) is 0.746. The van der Waals surface area contributed by atoms with Gasteiger partial charge in [0.05, 0.1) is 25.3 Å². The molecule has 1 aliphatic rings. The molecule has 16 heavy (non-hydrogen) atoms. The van der Waals surface area contributed by atoms with Crippen molar-refractivity contribution in [3.63, 3.8) is 0 Å². The molecule has 84 valence electrons. The maximum Gasteiger partial charge on any atom is 0.242 e. The van der Waals surface area contributed by atoms with Crippen molar-refractivity contribution in [2.75, 3.05) is 13.1 Å². The summed E-state index contributed by atoms with van der Waals surface area (Å²) >= 11 is 0. The number of carbonyl (C=O) groups excluding carboxylic acids is 2. The van der Waals surface area contributed by atoms with Crippen LogP contribution in [0, 0.1) is 6.92 Å². The average molecular weight is 220 g/mol. The predicted molar refractivity (Wildman–Crippen MR) is 55.2 cm³/mol. The van der Waals surface area contributed by atoms with Gasteiger partial charge in [0.1, 0.15) is 5.82 Å². The van der Waals surface area contributed by atoms with Crippen molar-refractivity contribution in [3.8, 4) is 0 Å². The highest BCUT2D eigenvalue weighted by molar-refractivity contribution is 5.92. The smallest absolute Gasteiger partial charge is 0.242 e. The summed E-state index contributed by atoms with van der Waals surface area (Å²) in [6, 6.07) is 1.74. The predicted octanol–water partition coefficient (Wildman–Crippen LogP) is -0.757. The monoisotopic (exact) mass is 220 g/mol. The van der Waals surface area contributed by atoms with E-state index in [1.165, 1.54) is 4.90 Å². The second-order valence-electron chi connectivity index (χ2n) is 3.62. The highest BCUT2D eigenvalue weighted by Crippen LogP contribution is 2.04. The molecule has 1 aromatic rings. The van der Waals surface area contributed by atoms with E-state index >= 15 is 0 Å². The second kappa shape index (κ2) is 4.26. The Morgan fingerprint density at radius 1 is 1.50 bits per heavy atom. The lowest BCUT2D eigenvalue weighted by atomic mass is 10.3. The van der Waals surface area contributed by atoms with E-state index in [0.717, 1.165) is 5.69 Å². The van der Waals surface area contributed by atoms with Crippen LogP contribution >= 0.6 is 0 Å². The molecule has 1 aliphatic heterocycles. The fraction of sp³-hybridized carbons (Fsp3) is 0.400. The molecule has 0 aliphatic carbocycles. The molecule has 2 heterocycles. The van der Waals surface area contributed by atoms with Crippen molar-refractivity contribution in [1.82, 2.24) is 20.2 Å². The molecule has 0 unspecified atom stereocenters. The van der Waals surface area contributed by atoms with Crippen molar-refractivity contribution < 1.29 is 9.59 Å². The summed E-state index contributed by atoms with van der Waals surface area (Å²) in [5.74, 6) is 0.438. The molecule has 0 bridgehead atoms. The van der Waals surface area contributed by atoms with E-state index in [4.69, 9.17) is 0 Å². The number of aryl methyl sites for hydroxylation is 1. The minimum Gasteiger partial charge on any atom is -0.345 e. The Kier molecular flexibility index (Phi) is 2.80. The number of aromatic nitrogens is 2. The largest absolute Gasteiger partial charge is 0.345 e. The molecule has 6 heteroatoms. The summed E-state index contributed by atoms with van der Waals surface area (Å²) in [6.45, 7) is 2.31. The third-order valence-electron chi connectivity index (χ3n) is 2.31. The summed E-state index contributed by atoms with van der Waals surface area (Å²) in [6.07, 6.45) is 1.65. The van der Waals surface area contributed by atoms with E-state index in [1.807, 2.05) is 0 Å². The summed E-state index contributed by atoms with van der Waals surface area (Å²) < 4.78 is 0. The zero-order valence-corrected chi connectivity index (χ0v) is 8.93. The van der Waals surface area contributed by atoms with Crippen LogP contribution in [0.2, 0.25) is 0 Å². The van der Waals surface area contributed by atoms with Crippen molar-refractivity contribution in [3.05, 3.63) is 23.8 Å². The second-order valence-corrected chi connectivity index (χ2v) is 3.62. The third kappa shape index (κ3) is 2.33. The molecule has 2 amide bonds. The molecule has 2 rings (SSSR count). The van der Waals surface area contributed by atoms with E-state index in [2.05, 4.69) is 15.3 Å². The van der Waals surface area contributed by atoms with Gasteiger partial charge < -0.3 is 10.2 Å². The molecule has 0 saturated carbocycles.